The average molecular weight is 242 g/mol. The van der Waals surface area contributed by atoms with Gasteiger partial charge in [-0.2, -0.15) is 0 Å². The van der Waals surface area contributed by atoms with E-state index in [2.05, 4.69) is 11.1 Å². The minimum atomic E-state index is -0.544. The zero-order valence-electron chi connectivity index (χ0n) is 10.7. The summed E-state index contributed by atoms with van der Waals surface area (Å²) in [4.78, 5) is 4.04. The molecule has 2 aromatic rings. The van der Waals surface area contributed by atoms with Crippen LogP contribution >= 0.6 is 0 Å². The number of pyridine rings is 1. The van der Waals surface area contributed by atoms with Crippen LogP contribution in [0.2, 0.25) is 0 Å². The Morgan fingerprint density at radius 1 is 1.28 bits per heavy atom. The van der Waals surface area contributed by atoms with Gasteiger partial charge in [0.25, 0.3) is 0 Å². The van der Waals surface area contributed by atoms with Crippen molar-refractivity contribution in [3.8, 4) is 0 Å². The van der Waals surface area contributed by atoms with Crippen molar-refractivity contribution >= 4 is 5.69 Å². The zero-order valence-corrected chi connectivity index (χ0v) is 10.7. The normalized spacial score (nSPS) is 12.4. The lowest BCUT2D eigenvalue weighted by Crippen LogP contribution is -2.06. The molecule has 0 aliphatic rings. The van der Waals surface area contributed by atoms with Gasteiger partial charge in [0.15, 0.2) is 0 Å². The number of aromatic nitrogens is 1. The second-order valence-corrected chi connectivity index (χ2v) is 4.65. The van der Waals surface area contributed by atoms with Gasteiger partial charge in [0.2, 0.25) is 0 Å². The summed E-state index contributed by atoms with van der Waals surface area (Å²) >= 11 is 0. The van der Waals surface area contributed by atoms with Crippen molar-refractivity contribution in [2.75, 3.05) is 5.73 Å². The molecule has 1 atom stereocenters. The molecule has 2 rings (SSSR count). The van der Waals surface area contributed by atoms with Crippen molar-refractivity contribution in [2.45, 2.75) is 26.4 Å². The summed E-state index contributed by atoms with van der Waals surface area (Å²) in [5, 5.41) is 10.3. The van der Waals surface area contributed by atoms with Gasteiger partial charge in [-0.25, -0.2) is 0 Å². The Kier molecular flexibility index (Phi) is 3.63. The fourth-order valence-electron chi connectivity index (χ4n) is 2.13. The topological polar surface area (TPSA) is 59.1 Å². The number of nitrogens with two attached hydrogens (primary N) is 1. The summed E-state index contributed by atoms with van der Waals surface area (Å²) in [5.74, 6) is 0. The van der Waals surface area contributed by atoms with Crippen LogP contribution in [-0.2, 0) is 6.42 Å². The van der Waals surface area contributed by atoms with E-state index in [1.165, 1.54) is 5.56 Å². The summed E-state index contributed by atoms with van der Waals surface area (Å²) in [6.07, 6.45) is 3.31. The highest BCUT2D eigenvalue weighted by Crippen LogP contribution is 2.24. The number of aryl methyl sites for hydroxylation is 2. The Morgan fingerprint density at radius 3 is 2.72 bits per heavy atom. The molecular weight excluding hydrogens is 224 g/mol. The third kappa shape index (κ3) is 2.68. The van der Waals surface area contributed by atoms with Crippen molar-refractivity contribution in [1.29, 1.82) is 0 Å². The fraction of sp³-hybridized carbons (Fsp3) is 0.267. The fourth-order valence-corrected chi connectivity index (χ4v) is 2.13. The van der Waals surface area contributed by atoms with Crippen LogP contribution in [0.25, 0.3) is 0 Å². The summed E-state index contributed by atoms with van der Waals surface area (Å²) < 4.78 is 0. The van der Waals surface area contributed by atoms with Gasteiger partial charge in [0, 0.05) is 24.5 Å². The highest BCUT2D eigenvalue weighted by atomic mass is 16.3. The lowest BCUT2D eigenvalue weighted by Gasteiger charge is -2.15. The average Bonchev–Trinajstić information content (AvgIpc) is 2.32. The second kappa shape index (κ2) is 5.19. The summed E-state index contributed by atoms with van der Waals surface area (Å²) in [7, 11) is 0. The van der Waals surface area contributed by atoms with Crippen molar-refractivity contribution in [3.05, 3.63) is 58.9 Å². The minimum absolute atomic E-state index is 0.490. The number of nitrogen functional groups attached to an aromatic ring is 1. The van der Waals surface area contributed by atoms with E-state index in [4.69, 9.17) is 5.73 Å². The molecule has 0 saturated carbocycles. The van der Waals surface area contributed by atoms with E-state index < -0.39 is 6.10 Å². The molecule has 1 aromatic carbocycles. The number of rotatable bonds is 3. The van der Waals surface area contributed by atoms with Crippen LogP contribution in [0.1, 0.15) is 28.4 Å². The number of benzene rings is 1. The number of anilines is 1. The molecule has 1 aromatic heterocycles. The molecule has 18 heavy (non-hydrogen) atoms. The Labute approximate surface area is 107 Å². The molecule has 0 amide bonds. The van der Waals surface area contributed by atoms with E-state index in [-0.39, 0.29) is 0 Å². The third-order valence-electron chi connectivity index (χ3n) is 3.14. The predicted molar refractivity (Wildman–Crippen MR) is 73.2 cm³/mol. The first-order valence-corrected chi connectivity index (χ1v) is 6.01. The first-order chi connectivity index (χ1) is 8.58. The molecule has 0 fully saturated rings. The first-order valence-electron chi connectivity index (χ1n) is 6.01. The maximum Gasteiger partial charge on any atom is 0.0834 e. The van der Waals surface area contributed by atoms with Crippen molar-refractivity contribution in [2.24, 2.45) is 0 Å². The molecule has 3 N–H and O–H groups in total. The highest BCUT2D eigenvalue weighted by molar-refractivity contribution is 5.45. The maximum absolute atomic E-state index is 10.3. The van der Waals surface area contributed by atoms with Gasteiger partial charge in [0.05, 0.1) is 6.10 Å². The predicted octanol–water partition coefficient (Wildman–Crippen LogP) is 2.56. The van der Waals surface area contributed by atoms with Crippen LogP contribution in [0.4, 0.5) is 5.69 Å². The molecule has 1 unspecified atom stereocenters. The van der Waals surface area contributed by atoms with Gasteiger partial charge in [-0.15, -0.1) is 0 Å². The number of nitrogens with zero attached hydrogens (tertiary/aromatic N) is 1. The minimum Gasteiger partial charge on any atom is -0.398 e. The molecule has 1 heterocycles. The van der Waals surface area contributed by atoms with Gasteiger partial charge >= 0.3 is 0 Å². The van der Waals surface area contributed by atoms with E-state index in [9.17, 15) is 5.11 Å². The molecule has 3 heteroatoms. The SMILES string of the molecule is Cc1ccc(C(O)Cc2cnccc2N)c(C)c1. The van der Waals surface area contributed by atoms with Crippen LogP contribution in [0.5, 0.6) is 0 Å². The molecule has 0 radical (unpaired) electrons. The van der Waals surface area contributed by atoms with Crippen LogP contribution in [0.15, 0.2) is 36.7 Å². The second-order valence-electron chi connectivity index (χ2n) is 4.65. The maximum atomic E-state index is 10.3. The molecular formula is C15H18N2O. The number of hydrogen-bond donors (Lipinski definition) is 2. The molecule has 0 saturated heterocycles. The van der Waals surface area contributed by atoms with Crippen LogP contribution < -0.4 is 5.73 Å². The molecule has 3 nitrogen and oxygen atoms in total. The van der Waals surface area contributed by atoms with E-state index in [0.717, 1.165) is 16.7 Å². The molecule has 0 aliphatic heterocycles. The smallest absolute Gasteiger partial charge is 0.0834 e. The Balaban J connectivity index is 2.22. The van der Waals surface area contributed by atoms with Gasteiger partial charge in [-0.05, 0) is 36.6 Å². The molecule has 0 aliphatic carbocycles. The summed E-state index contributed by atoms with van der Waals surface area (Å²) in [6.45, 7) is 4.06. The van der Waals surface area contributed by atoms with E-state index >= 15 is 0 Å². The van der Waals surface area contributed by atoms with Crippen molar-refractivity contribution in [1.82, 2.24) is 4.98 Å². The molecule has 0 spiro atoms. The third-order valence-corrected chi connectivity index (χ3v) is 3.14. The van der Waals surface area contributed by atoms with Gasteiger partial charge < -0.3 is 10.8 Å². The molecule has 0 bridgehead atoms. The van der Waals surface area contributed by atoms with Gasteiger partial charge in [-0.3, -0.25) is 4.98 Å². The highest BCUT2D eigenvalue weighted by Gasteiger charge is 2.12. The van der Waals surface area contributed by atoms with Crippen molar-refractivity contribution in [3.63, 3.8) is 0 Å². The van der Waals surface area contributed by atoms with Crippen LogP contribution in [-0.4, -0.2) is 10.1 Å². The van der Waals surface area contributed by atoms with Gasteiger partial charge in [0.1, 0.15) is 0 Å². The standard InChI is InChI=1S/C15H18N2O/c1-10-3-4-13(11(2)7-10)15(18)8-12-9-17-6-5-14(12)16/h3-7,9,15,18H,8H2,1-2H3,(H2,16,17). The quantitative estimate of drug-likeness (QED) is 0.869. The van der Waals surface area contributed by atoms with Crippen LogP contribution in [0.3, 0.4) is 0 Å². The Bertz CT molecular complexity index is 552. The summed E-state index contributed by atoms with van der Waals surface area (Å²) in [5.41, 5.74) is 10.7. The van der Waals surface area contributed by atoms with Gasteiger partial charge in [-0.1, -0.05) is 23.8 Å². The van der Waals surface area contributed by atoms with E-state index in [0.29, 0.717) is 12.1 Å². The number of aliphatic hydroxyl groups excluding tert-OH is 1. The summed E-state index contributed by atoms with van der Waals surface area (Å²) in [6, 6.07) is 7.81. The van der Waals surface area contributed by atoms with Crippen LogP contribution in [0, 0.1) is 13.8 Å². The zero-order chi connectivity index (χ0) is 13.1. The number of hydrogen-bond acceptors (Lipinski definition) is 3. The van der Waals surface area contributed by atoms with E-state index in [1.54, 1.807) is 18.5 Å². The van der Waals surface area contributed by atoms with Crippen molar-refractivity contribution < 1.29 is 5.11 Å². The lowest BCUT2D eigenvalue weighted by atomic mass is 9.96. The monoisotopic (exact) mass is 242 g/mol. The largest absolute Gasteiger partial charge is 0.398 e. The first kappa shape index (κ1) is 12.6. The Hall–Kier alpha value is -1.87. The van der Waals surface area contributed by atoms with E-state index in [1.807, 2.05) is 26.0 Å². The lowest BCUT2D eigenvalue weighted by molar-refractivity contribution is 0.178. The number of aliphatic hydroxyl groups is 1. The molecule has 94 valence electrons. The Morgan fingerprint density at radius 2 is 2.06 bits per heavy atom.